The second-order valence-corrected chi connectivity index (χ2v) is 8.74. The molecule has 0 fully saturated rings. The molecule has 31 heavy (non-hydrogen) atoms. The Balaban J connectivity index is 0. The third kappa shape index (κ3) is 9.29. The van der Waals surface area contributed by atoms with Gasteiger partial charge >= 0.3 is 41.5 Å². The molecule has 0 aromatic heterocycles. The number of methoxy groups -OCH3 is 1. The number of carboxylic acids is 1. The number of ether oxygens (including phenoxy) is 1. The molecule has 0 unspecified atom stereocenters. The second-order valence-electron chi connectivity index (χ2n) is 6.41. The normalized spacial score (nSPS) is 9.52. The Hall–Kier alpha value is -0.200. The van der Waals surface area contributed by atoms with Gasteiger partial charge in [0.2, 0.25) is 0 Å². The van der Waals surface area contributed by atoms with Crippen molar-refractivity contribution >= 4 is 57.1 Å². The quantitative estimate of drug-likeness (QED) is 0.292. The molecule has 2 aromatic rings. The van der Waals surface area contributed by atoms with E-state index in [-0.39, 0.29) is 41.0 Å². The van der Waals surface area contributed by atoms with E-state index in [9.17, 15) is 9.59 Å². The van der Waals surface area contributed by atoms with Crippen molar-refractivity contribution in [2.24, 2.45) is 0 Å². The molecular weight excluding hydrogens is 633 g/mol. The van der Waals surface area contributed by atoms with Crippen molar-refractivity contribution in [3.8, 4) is 0 Å². The molecule has 0 saturated heterocycles. The average Bonchev–Trinajstić information content (AvgIpc) is 2.73. The maximum atomic E-state index is 11.5. The second kappa shape index (κ2) is 16.4. The molecule has 0 radical (unpaired) electrons. The van der Waals surface area contributed by atoms with Crippen LogP contribution in [0, 0.1) is 7.14 Å². The number of esters is 1. The van der Waals surface area contributed by atoms with Gasteiger partial charge in [-0.2, -0.15) is 0 Å². The molecule has 0 bridgehead atoms. The van der Waals surface area contributed by atoms with Gasteiger partial charge in [-0.1, -0.05) is 39.8 Å². The SMILES string of the molecule is CCc1cc(CC)c(C(=O)O)cc1I.CCc1cc(CC)c(C(=O)OC)cc1I.[Na+].[OH-]. The zero-order valence-electron chi connectivity index (χ0n) is 19.0. The summed E-state index contributed by atoms with van der Waals surface area (Å²) in [4.78, 5) is 22.4. The Bertz CT molecular complexity index is 885. The van der Waals surface area contributed by atoms with Gasteiger partial charge in [0.05, 0.1) is 18.2 Å². The van der Waals surface area contributed by atoms with Gasteiger partial charge in [-0.3, -0.25) is 0 Å². The molecule has 2 rings (SSSR count). The fourth-order valence-corrected chi connectivity index (χ4v) is 4.66. The predicted molar refractivity (Wildman–Crippen MR) is 136 cm³/mol. The number of hydrogen-bond donors (Lipinski definition) is 1. The Morgan fingerprint density at radius 3 is 1.45 bits per heavy atom. The van der Waals surface area contributed by atoms with E-state index >= 15 is 0 Å². The van der Waals surface area contributed by atoms with Crippen LogP contribution in [0.5, 0.6) is 0 Å². The van der Waals surface area contributed by atoms with Crippen LogP contribution >= 0.6 is 45.2 Å². The summed E-state index contributed by atoms with van der Waals surface area (Å²) in [6.07, 6.45) is 3.57. The first-order valence-electron chi connectivity index (χ1n) is 9.67. The van der Waals surface area contributed by atoms with Crippen LogP contribution in [-0.4, -0.2) is 29.6 Å². The van der Waals surface area contributed by atoms with E-state index < -0.39 is 5.97 Å². The van der Waals surface area contributed by atoms with Gasteiger partial charge in [0.25, 0.3) is 0 Å². The summed E-state index contributed by atoms with van der Waals surface area (Å²) in [5.74, 6) is -1.07. The van der Waals surface area contributed by atoms with Crippen molar-refractivity contribution in [3.05, 3.63) is 64.8 Å². The topological polar surface area (TPSA) is 93.6 Å². The number of halogens is 2. The number of hydrogen-bond acceptors (Lipinski definition) is 4. The van der Waals surface area contributed by atoms with Gasteiger partial charge in [-0.25, -0.2) is 9.59 Å². The molecule has 2 aromatic carbocycles. The van der Waals surface area contributed by atoms with E-state index in [4.69, 9.17) is 9.84 Å². The van der Waals surface area contributed by atoms with Crippen molar-refractivity contribution in [2.75, 3.05) is 7.11 Å². The Kier molecular flexibility index (Phi) is 17.5. The van der Waals surface area contributed by atoms with Gasteiger partial charge in [0.15, 0.2) is 0 Å². The minimum atomic E-state index is -0.831. The zero-order valence-corrected chi connectivity index (χ0v) is 25.3. The van der Waals surface area contributed by atoms with Crippen molar-refractivity contribution < 1.29 is 54.5 Å². The smallest absolute Gasteiger partial charge is 0.870 e. The number of carbonyl (C=O) groups is 2. The summed E-state index contributed by atoms with van der Waals surface area (Å²) in [5.41, 5.74) is 5.65. The van der Waals surface area contributed by atoms with Crippen LogP contribution in [0.15, 0.2) is 24.3 Å². The average molecular weight is 662 g/mol. The molecule has 8 heteroatoms. The molecule has 2 N–H and O–H groups in total. The summed E-state index contributed by atoms with van der Waals surface area (Å²) in [7, 11) is 1.42. The molecule has 0 heterocycles. The van der Waals surface area contributed by atoms with E-state index in [1.807, 2.05) is 26.0 Å². The van der Waals surface area contributed by atoms with E-state index in [2.05, 4.69) is 65.1 Å². The third-order valence-corrected chi connectivity index (χ3v) is 6.71. The van der Waals surface area contributed by atoms with Gasteiger partial charge in [-0.15, -0.1) is 0 Å². The monoisotopic (exact) mass is 662 g/mol. The van der Waals surface area contributed by atoms with Crippen molar-refractivity contribution in [2.45, 2.75) is 53.4 Å². The summed E-state index contributed by atoms with van der Waals surface area (Å²) in [5, 5.41) is 8.98. The fourth-order valence-electron chi connectivity index (χ4n) is 2.96. The van der Waals surface area contributed by atoms with Crippen LogP contribution in [0.4, 0.5) is 0 Å². The Morgan fingerprint density at radius 1 is 0.774 bits per heavy atom. The molecule has 0 spiro atoms. The molecule has 0 aliphatic heterocycles. The Morgan fingerprint density at radius 2 is 1.13 bits per heavy atom. The van der Waals surface area contributed by atoms with E-state index in [0.717, 1.165) is 44.0 Å². The number of carbonyl (C=O) groups excluding carboxylic acids is 1. The zero-order chi connectivity index (χ0) is 22.1. The number of carboxylic acid groups (broad SMARTS) is 1. The molecule has 0 saturated carbocycles. The van der Waals surface area contributed by atoms with Crippen LogP contribution in [0.1, 0.15) is 70.7 Å². The fraction of sp³-hybridized carbons (Fsp3) is 0.391. The first kappa shape index (κ1) is 33.0. The summed E-state index contributed by atoms with van der Waals surface area (Å²) >= 11 is 4.45. The van der Waals surface area contributed by atoms with Gasteiger partial charge in [-0.05, 0) is 105 Å². The molecule has 5 nitrogen and oxygen atoms in total. The molecule has 166 valence electrons. The van der Waals surface area contributed by atoms with E-state index in [1.54, 1.807) is 6.07 Å². The van der Waals surface area contributed by atoms with E-state index in [0.29, 0.717) is 11.1 Å². The standard InChI is InChI=1S/C12H15IO2.C11H13IO2.Na.H2O/c1-4-8-6-9(5-2)11(13)7-10(8)12(14)15-3;1-3-7-5-8(4-2)10(12)6-9(7)11(13)14;;/h6-7H,4-5H2,1-3H3;5-6H,3-4H2,1-2H3,(H,13,14);;1H2/q;;+1;/p-1. The molecular formula is C23H29I2NaO5. The van der Waals surface area contributed by atoms with Crippen LogP contribution in [0.2, 0.25) is 0 Å². The maximum absolute atomic E-state index is 11.5. The van der Waals surface area contributed by atoms with Crippen LogP contribution in [0.25, 0.3) is 0 Å². The number of aromatic carboxylic acids is 1. The molecule has 0 aliphatic rings. The van der Waals surface area contributed by atoms with Crippen LogP contribution < -0.4 is 29.6 Å². The Labute approximate surface area is 234 Å². The van der Waals surface area contributed by atoms with E-state index in [1.165, 1.54) is 18.2 Å². The molecule has 0 amide bonds. The number of rotatable bonds is 6. The molecule has 0 aliphatic carbocycles. The minimum Gasteiger partial charge on any atom is -0.870 e. The predicted octanol–water partition coefficient (Wildman–Crippen LogP) is 3.14. The van der Waals surface area contributed by atoms with Crippen LogP contribution in [-0.2, 0) is 30.4 Å². The maximum Gasteiger partial charge on any atom is 1.00 e. The number of benzene rings is 2. The third-order valence-electron chi connectivity index (χ3n) is 4.70. The van der Waals surface area contributed by atoms with Gasteiger partial charge in [0, 0.05) is 7.14 Å². The first-order chi connectivity index (χ1) is 13.7. The van der Waals surface area contributed by atoms with Gasteiger partial charge in [0.1, 0.15) is 0 Å². The molecule has 0 atom stereocenters. The summed E-state index contributed by atoms with van der Waals surface area (Å²) in [6, 6.07) is 7.80. The minimum absolute atomic E-state index is 0. The largest absolute Gasteiger partial charge is 1.00 e. The van der Waals surface area contributed by atoms with Gasteiger partial charge < -0.3 is 15.3 Å². The summed E-state index contributed by atoms with van der Waals surface area (Å²) < 4.78 is 6.94. The van der Waals surface area contributed by atoms with Crippen molar-refractivity contribution in [1.82, 2.24) is 0 Å². The van der Waals surface area contributed by atoms with Crippen molar-refractivity contribution in [3.63, 3.8) is 0 Å². The first-order valence-corrected chi connectivity index (χ1v) is 11.8. The van der Waals surface area contributed by atoms with Crippen molar-refractivity contribution in [1.29, 1.82) is 0 Å². The van der Waals surface area contributed by atoms with Crippen LogP contribution in [0.3, 0.4) is 0 Å². The summed E-state index contributed by atoms with van der Waals surface area (Å²) in [6.45, 7) is 8.23. The number of aryl methyl sites for hydroxylation is 4.